The molecule has 18 heavy (non-hydrogen) atoms. The van der Waals surface area contributed by atoms with Gasteiger partial charge in [0.15, 0.2) is 0 Å². The minimum Gasteiger partial charge on any atom is -0.320 e. The molecule has 0 spiro atoms. The van der Waals surface area contributed by atoms with E-state index in [1.807, 2.05) is 7.05 Å². The molecule has 0 aromatic heterocycles. The molecule has 0 bridgehead atoms. The second-order valence-electron chi connectivity index (χ2n) is 6.03. The zero-order chi connectivity index (χ0) is 13.2. The van der Waals surface area contributed by atoms with Crippen molar-refractivity contribution in [1.82, 2.24) is 15.1 Å². The van der Waals surface area contributed by atoms with Gasteiger partial charge in [-0.3, -0.25) is 0 Å². The molecular weight excluding hydrogens is 222 g/mol. The topological polar surface area (TPSA) is 18.5 Å². The van der Waals surface area contributed by atoms with Gasteiger partial charge in [-0.15, -0.1) is 0 Å². The number of rotatable bonds is 9. The Morgan fingerprint density at radius 1 is 1.11 bits per heavy atom. The lowest BCUT2D eigenvalue weighted by Crippen LogP contribution is -2.36. The maximum atomic E-state index is 3.21. The van der Waals surface area contributed by atoms with Gasteiger partial charge in [0.05, 0.1) is 0 Å². The Morgan fingerprint density at radius 3 is 2.44 bits per heavy atom. The molecule has 0 radical (unpaired) electrons. The Labute approximate surface area is 114 Å². The second kappa shape index (κ2) is 9.76. The predicted octanol–water partition coefficient (Wildman–Crippen LogP) is 2.04. The molecule has 0 unspecified atom stereocenters. The molecule has 0 aromatic rings. The average Bonchev–Trinajstić information content (AvgIpc) is 2.36. The Morgan fingerprint density at radius 2 is 1.78 bits per heavy atom. The van der Waals surface area contributed by atoms with Gasteiger partial charge in [-0.2, -0.15) is 0 Å². The molecule has 0 amide bonds. The molecule has 1 fully saturated rings. The van der Waals surface area contributed by atoms with Crippen LogP contribution in [0.15, 0.2) is 0 Å². The summed E-state index contributed by atoms with van der Waals surface area (Å²) in [6.07, 6.45) is 8.25. The lowest BCUT2D eigenvalue weighted by atomic mass is 9.96. The Balaban J connectivity index is 1.95. The minimum atomic E-state index is 0.940. The number of hydrogen-bond donors (Lipinski definition) is 1. The van der Waals surface area contributed by atoms with Gasteiger partial charge in [-0.25, -0.2) is 0 Å². The van der Waals surface area contributed by atoms with Crippen molar-refractivity contribution < 1.29 is 0 Å². The second-order valence-corrected chi connectivity index (χ2v) is 6.03. The van der Waals surface area contributed by atoms with Crippen LogP contribution in [0.5, 0.6) is 0 Å². The lowest BCUT2D eigenvalue weighted by Gasteiger charge is -2.31. The van der Waals surface area contributed by atoms with Crippen molar-refractivity contribution in [3.63, 3.8) is 0 Å². The third kappa shape index (κ3) is 7.34. The van der Waals surface area contributed by atoms with E-state index < -0.39 is 0 Å². The van der Waals surface area contributed by atoms with Crippen LogP contribution in [0.1, 0.15) is 38.5 Å². The Hall–Kier alpha value is -0.120. The van der Waals surface area contributed by atoms with Crippen LogP contribution < -0.4 is 5.32 Å². The maximum absolute atomic E-state index is 3.21. The van der Waals surface area contributed by atoms with Gasteiger partial charge in [-0.1, -0.05) is 12.8 Å². The van der Waals surface area contributed by atoms with Gasteiger partial charge in [0.1, 0.15) is 0 Å². The molecule has 3 heteroatoms. The molecule has 1 N–H and O–H groups in total. The summed E-state index contributed by atoms with van der Waals surface area (Å²) < 4.78 is 0. The molecule has 1 aliphatic rings. The van der Waals surface area contributed by atoms with Crippen LogP contribution in [0.2, 0.25) is 0 Å². The third-order valence-electron chi connectivity index (χ3n) is 4.12. The molecular formula is C15H33N3. The van der Waals surface area contributed by atoms with Gasteiger partial charge in [-0.05, 0) is 78.9 Å². The number of hydrogen-bond acceptors (Lipinski definition) is 3. The molecule has 1 aliphatic heterocycles. The smallest absolute Gasteiger partial charge is 0.000756 e. The molecule has 0 atom stereocenters. The number of unbranched alkanes of at least 4 members (excludes halogenated alkanes) is 3. The third-order valence-corrected chi connectivity index (χ3v) is 4.12. The first-order valence-corrected chi connectivity index (χ1v) is 7.74. The Kier molecular flexibility index (Phi) is 8.64. The number of nitrogens with one attached hydrogen (secondary N) is 1. The Bertz CT molecular complexity index is 188. The van der Waals surface area contributed by atoms with E-state index in [0.717, 1.165) is 5.92 Å². The van der Waals surface area contributed by atoms with E-state index in [9.17, 15) is 0 Å². The van der Waals surface area contributed by atoms with Gasteiger partial charge < -0.3 is 15.1 Å². The van der Waals surface area contributed by atoms with Crippen molar-refractivity contribution in [2.24, 2.45) is 5.92 Å². The largest absolute Gasteiger partial charge is 0.320 e. The lowest BCUT2D eigenvalue weighted by molar-refractivity contribution is 0.175. The van der Waals surface area contributed by atoms with Crippen molar-refractivity contribution in [3.05, 3.63) is 0 Å². The van der Waals surface area contributed by atoms with Crippen LogP contribution in [0, 0.1) is 5.92 Å². The summed E-state index contributed by atoms with van der Waals surface area (Å²) in [7, 11) is 6.58. The first-order valence-electron chi connectivity index (χ1n) is 7.74. The number of piperidine rings is 1. The molecule has 108 valence electrons. The van der Waals surface area contributed by atoms with Gasteiger partial charge >= 0.3 is 0 Å². The SMILES string of the molecule is CNCCCCCCN(C)CC1CCN(C)CC1. The zero-order valence-corrected chi connectivity index (χ0v) is 12.7. The predicted molar refractivity (Wildman–Crippen MR) is 80.1 cm³/mol. The van der Waals surface area contributed by atoms with E-state index in [1.165, 1.54) is 71.2 Å². The van der Waals surface area contributed by atoms with Crippen LogP contribution >= 0.6 is 0 Å². The van der Waals surface area contributed by atoms with E-state index in [4.69, 9.17) is 0 Å². The molecule has 0 saturated carbocycles. The van der Waals surface area contributed by atoms with Gasteiger partial charge in [0, 0.05) is 6.54 Å². The van der Waals surface area contributed by atoms with Crippen molar-refractivity contribution in [2.75, 3.05) is 53.9 Å². The zero-order valence-electron chi connectivity index (χ0n) is 12.7. The van der Waals surface area contributed by atoms with Gasteiger partial charge in [0.2, 0.25) is 0 Å². The number of nitrogens with zero attached hydrogens (tertiary/aromatic N) is 2. The average molecular weight is 255 g/mol. The summed E-state index contributed by atoms with van der Waals surface area (Å²) in [6, 6.07) is 0. The summed E-state index contributed by atoms with van der Waals surface area (Å²) in [5.74, 6) is 0.940. The highest BCUT2D eigenvalue weighted by molar-refractivity contribution is 4.72. The molecule has 1 heterocycles. The summed E-state index contributed by atoms with van der Waals surface area (Å²) in [4.78, 5) is 5.01. The fourth-order valence-electron chi connectivity index (χ4n) is 2.81. The quantitative estimate of drug-likeness (QED) is 0.636. The van der Waals surface area contributed by atoms with Crippen molar-refractivity contribution in [2.45, 2.75) is 38.5 Å². The number of likely N-dealkylation sites (tertiary alicyclic amines) is 1. The summed E-state index contributed by atoms with van der Waals surface area (Å²) in [6.45, 7) is 6.35. The van der Waals surface area contributed by atoms with E-state index in [-0.39, 0.29) is 0 Å². The highest BCUT2D eigenvalue weighted by Crippen LogP contribution is 2.16. The first kappa shape index (κ1) is 15.9. The molecule has 0 aliphatic carbocycles. The van der Waals surface area contributed by atoms with Crippen LogP contribution in [0.25, 0.3) is 0 Å². The van der Waals surface area contributed by atoms with E-state index in [1.54, 1.807) is 0 Å². The highest BCUT2D eigenvalue weighted by Gasteiger charge is 2.17. The fraction of sp³-hybridized carbons (Fsp3) is 1.00. The molecule has 3 nitrogen and oxygen atoms in total. The normalized spacial score (nSPS) is 18.7. The molecule has 1 saturated heterocycles. The van der Waals surface area contributed by atoms with Crippen LogP contribution in [-0.2, 0) is 0 Å². The summed E-state index contributed by atoms with van der Waals surface area (Å²) in [5, 5.41) is 3.21. The van der Waals surface area contributed by atoms with Crippen molar-refractivity contribution >= 4 is 0 Å². The van der Waals surface area contributed by atoms with Crippen LogP contribution in [-0.4, -0.2) is 63.7 Å². The van der Waals surface area contributed by atoms with Crippen molar-refractivity contribution in [3.8, 4) is 0 Å². The standard InChI is InChI=1S/C15H33N3/c1-16-10-6-4-5-7-11-18(3)14-15-8-12-17(2)13-9-15/h15-16H,4-14H2,1-3H3. The first-order chi connectivity index (χ1) is 8.72. The van der Waals surface area contributed by atoms with E-state index in [0.29, 0.717) is 0 Å². The molecule has 1 rings (SSSR count). The summed E-state index contributed by atoms with van der Waals surface area (Å²) in [5.41, 5.74) is 0. The minimum absolute atomic E-state index is 0.940. The van der Waals surface area contributed by atoms with Crippen LogP contribution in [0.4, 0.5) is 0 Å². The summed E-state index contributed by atoms with van der Waals surface area (Å²) >= 11 is 0. The maximum Gasteiger partial charge on any atom is 0.000756 e. The fourth-order valence-corrected chi connectivity index (χ4v) is 2.81. The van der Waals surface area contributed by atoms with E-state index >= 15 is 0 Å². The highest BCUT2D eigenvalue weighted by atomic mass is 15.1. The molecule has 0 aromatic carbocycles. The monoisotopic (exact) mass is 255 g/mol. The van der Waals surface area contributed by atoms with Gasteiger partial charge in [0.25, 0.3) is 0 Å². The van der Waals surface area contributed by atoms with E-state index in [2.05, 4.69) is 29.2 Å². The van der Waals surface area contributed by atoms with Crippen molar-refractivity contribution in [1.29, 1.82) is 0 Å². The van der Waals surface area contributed by atoms with Crippen LogP contribution in [0.3, 0.4) is 0 Å².